The SMILES string of the molecule is Cc1ccc(C(=O)C(C)N(C)S(=O)(=O)c2ccc(Br)cc2)cc1C. The second-order valence-corrected chi connectivity index (χ2v) is 8.73. The van der Waals surface area contributed by atoms with E-state index in [0.717, 1.165) is 19.9 Å². The molecule has 24 heavy (non-hydrogen) atoms. The lowest BCUT2D eigenvalue weighted by molar-refractivity contribution is 0.0919. The van der Waals surface area contributed by atoms with E-state index in [1.54, 1.807) is 31.2 Å². The number of carbonyl (C=O) groups excluding carboxylic acids is 1. The van der Waals surface area contributed by atoms with E-state index >= 15 is 0 Å². The smallest absolute Gasteiger partial charge is 0.243 e. The molecule has 0 spiro atoms. The summed E-state index contributed by atoms with van der Waals surface area (Å²) in [4.78, 5) is 12.8. The molecule has 1 unspecified atom stereocenters. The van der Waals surface area contributed by atoms with Gasteiger partial charge in [0, 0.05) is 17.1 Å². The molecule has 0 bridgehead atoms. The van der Waals surface area contributed by atoms with Gasteiger partial charge < -0.3 is 0 Å². The molecule has 2 aromatic rings. The highest BCUT2D eigenvalue weighted by molar-refractivity contribution is 9.10. The molecule has 0 saturated heterocycles. The fourth-order valence-corrected chi connectivity index (χ4v) is 3.87. The molecule has 0 amide bonds. The molecular weight excluding hydrogens is 390 g/mol. The second kappa shape index (κ2) is 7.17. The topological polar surface area (TPSA) is 54.5 Å². The Labute approximate surface area is 151 Å². The van der Waals surface area contributed by atoms with Gasteiger partial charge in [-0.05, 0) is 62.2 Å². The third-order valence-electron chi connectivity index (χ3n) is 4.21. The number of carbonyl (C=O) groups is 1. The summed E-state index contributed by atoms with van der Waals surface area (Å²) in [6.45, 7) is 5.50. The molecule has 0 saturated carbocycles. The largest absolute Gasteiger partial charge is 0.292 e. The minimum atomic E-state index is -3.73. The molecule has 6 heteroatoms. The minimum absolute atomic E-state index is 0.160. The highest BCUT2D eigenvalue weighted by Gasteiger charge is 2.30. The molecule has 0 radical (unpaired) electrons. The Morgan fingerprint density at radius 2 is 1.62 bits per heavy atom. The van der Waals surface area contributed by atoms with E-state index in [9.17, 15) is 13.2 Å². The average molecular weight is 410 g/mol. The maximum atomic E-state index is 12.7. The predicted molar refractivity (Wildman–Crippen MR) is 98.8 cm³/mol. The lowest BCUT2D eigenvalue weighted by Crippen LogP contribution is -2.40. The van der Waals surface area contributed by atoms with Crippen LogP contribution in [0.2, 0.25) is 0 Å². The summed E-state index contributed by atoms with van der Waals surface area (Å²) < 4.78 is 27.3. The summed E-state index contributed by atoms with van der Waals surface area (Å²) in [5, 5.41) is 0. The maximum Gasteiger partial charge on any atom is 0.243 e. The van der Waals surface area contributed by atoms with Crippen molar-refractivity contribution in [1.29, 1.82) is 0 Å². The van der Waals surface area contributed by atoms with Crippen molar-refractivity contribution >= 4 is 31.7 Å². The van der Waals surface area contributed by atoms with E-state index in [1.807, 2.05) is 19.9 Å². The van der Waals surface area contributed by atoms with Crippen LogP contribution in [0.1, 0.15) is 28.4 Å². The van der Waals surface area contributed by atoms with Gasteiger partial charge in [-0.25, -0.2) is 8.42 Å². The van der Waals surface area contributed by atoms with Crippen molar-refractivity contribution in [3.05, 3.63) is 63.6 Å². The van der Waals surface area contributed by atoms with Crippen molar-refractivity contribution in [2.24, 2.45) is 0 Å². The third-order valence-corrected chi connectivity index (χ3v) is 6.68. The van der Waals surface area contributed by atoms with Crippen LogP contribution in [0.5, 0.6) is 0 Å². The number of nitrogens with zero attached hydrogens (tertiary/aromatic N) is 1. The monoisotopic (exact) mass is 409 g/mol. The van der Waals surface area contributed by atoms with Gasteiger partial charge in [0.25, 0.3) is 0 Å². The fraction of sp³-hybridized carbons (Fsp3) is 0.278. The van der Waals surface area contributed by atoms with Gasteiger partial charge in [0.1, 0.15) is 0 Å². The Hall–Kier alpha value is -1.50. The first kappa shape index (κ1) is 18.8. The van der Waals surface area contributed by atoms with Crippen LogP contribution >= 0.6 is 15.9 Å². The van der Waals surface area contributed by atoms with E-state index in [0.29, 0.717) is 5.56 Å². The first-order valence-corrected chi connectivity index (χ1v) is 9.73. The minimum Gasteiger partial charge on any atom is -0.292 e. The van der Waals surface area contributed by atoms with E-state index < -0.39 is 16.1 Å². The van der Waals surface area contributed by atoms with Crippen molar-refractivity contribution in [2.75, 3.05) is 7.05 Å². The first-order valence-electron chi connectivity index (χ1n) is 7.49. The Bertz CT molecular complexity index is 860. The zero-order valence-corrected chi connectivity index (χ0v) is 16.5. The van der Waals surface area contributed by atoms with Crippen LogP contribution in [0.3, 0.4) is 0 Å². The van der Waals surface area contributed by atoms with Crippen molar-refractivity contribution in [1.82, 2.24) is 4.31 Å². The Balaban J connectivity index is 2.30. The zero-order chi connectivity index (χ0) is 18.1. The highest BCUT2D eigenvalue weighted by Crippen LogP contribution is 2.21. The second-order valence-electron chi connectivity index (χ2n) is 5.81. The van der Waals surface area contributed by atoms with Crippen LogP contribution in [-0.4, -0.2) is 31.6 Å². The molecule has 0 aliphatic carbocycles. The summed E-state index contributed by atoms with van der Waals surface area (Å²) in [6, 6.07) is 11.0. The van der Waals surface area contributed by atoms with Crippen molar-refractivity contribution in [3.63, 3.8) is 0 Å². The van der Waals surface area contributed by atoms with Crippen molar-refractivity contribution < 1.29 is 13.2 Å². The summed E-state index contributed by atoms with van der Waals surface area (Å²) in [5.41, 5.74) is 2.62. The van der Waals surface area contributed by atoms with Gasteiger partial charge in [0.2, 0.25) is 10.0 Å². The molecule has 0 fully saturated rings. The number of aryl methyl sites for hydroxylation is 2. The van der Waals surface area contributed by atoms with E-state index in [4.69, 9.17) is 0 Å². The lowest BCUT2D eigenvalue weighted by Gasteiger charge is -2.23. The summed E-state index contributed by atoms with van der Waals surface area (Å²) >= 11 is 3.28. The van der Waals surface area contributed by atoms with Crippen molar-refractivity contribution in [3.8, 4) is 0 Å². The number of hydrogen-bond acceptors (Lipinski definition) is 3. The van der Waals surface area contributed by atoms with Gasteiger partial charge in [-0.2, -0.15) is 4.31 Å². The number of halogens is 1. The molecule has 0 aliphatic heterocycles. The molecule has 0 N–H and O–H groups in total. The zero-order valence-electron chi connectivity index (χ0n) is 14.1. The molecule has 2 aromatic carbocycles. The van der Waals surface area contributed by atoms with Gasteiger partial charge in [-0.1, -0.05) is 28.1 Å². The van der Waals surface area contributed by atoms with Crippen LogP contribution < -0.4 is 0 Å². The normalized spacial score (nSPS) is 13.1. The number of benzene rings is 2. The predicted octanol–water partition coefficient (Wildman–Crippen LogP) is 3.96. The molecule has 2 rings (SSSR count). The van der Waals surface area contributed by atoms with Crippen LogP contribution in [0.15, 0.2) is 51.8 Å². The maximum absolute atomic E-state index is 12.7. The third kappa shape index (κ3) is 3.77. The Morgan fingerprint density at radius 1 is 1.04 bits per heavy atom. The fourth-order valence-electron chi connectivity index (χ4n) is 2.28. The van der Waals surface area contributed by atoms with Crippen LogP contribution in [0, 0.1) is 13.8 Å². The summed E-state index contributed by atoms with van der Waals surface area (Å²) in [6.07, 6.45) is 0. The number of likely N-dealkylation sites (N-methyl/N-ethyl adjacent to an activating group) is 1. The van der Waals surface area contributed by atoms with Gasteiger partial charge in [-0.3, -0.25) is 4.79 Å². The lowest BCUT2D eigenvalue weighted by atomic mass is 10.0. The average Bonchev–Trinajstić information content (AvgIpc) is 2.55. The van der Waals surface area contributed by atoms with Gasteiger partial charge in [-0.15, -0.1) is 0 Å². The molecular formula is C18H20BrNO3S. The number of Topliss-reactive ketones (excluding diaryl/α,β-unsaturated/α-hetero) is 1. The van der Waals surface area contributed by atoms with Gasteiger partial charge in [0.05, 0.1) is 10.9 Å². The van der Waals surface area contributed by atoms with Gasteiger partial charge >= 0.3 is 0 Å². The quantitative estimate of drug-likeness (QED) is 0.702. The summed E-state index contributed by atoms with van der Waals surface area (Å²) in [7, 11) is -2.30. The molecule has 128 valence electrons. The Morgan fingerprint density at radius 3 is 2.17 bits per heavy atom. The number of ketones is 1. The first-order chi connectivity index (χ1) is 11.1. The number of sulfonamides is 1. The van der Waals surface area contributed by atoms with Crippen LogP contribution in [0.25, 0.3) is 0 Å². The van der Waals surface area contributed by atoms with E-state index in [2.05, 4.69) is 15.9 Å². The summed E-state index contributed by atoms with van der Waals surface area (Å²) in [5.74, 6) is -0.221. The van der Waals surface area contributed by atoms with Crippen LogP contribution in [-0.2, 0) is 10.0 Å². The Kier molecular flexibility index (Phi) is 5.63. The van der Waals surface area contributed by atoms with Crippen molar-refractivity contribution in [2.45, 2.75) is 31.7 Å². The molecule has 0 heterocycles. The number of hydrogen-bond donors (Lipinski definition) is 0. The van der Waals surface area contributed by atoms with E-state index in [-0.39, 0.29) is 10.7 Å². The van der Waals surface area contributed by atoms with E-state index in [1.165, 1.54) is 19.2 Å². The molecule has 0 aliphatic rings. The molecule has 1 atom stereocenters. The molecule has 0 aromatic heterocycles. The van der Waals surface area contributed by atoms with Gasteiger partial charge in [0.15, 0.2) is 5.78 Å². The van der Waals surface area contributed by atoms with Crippen LogP contribution in [0.4, 0.5) is 0 Å². The molecule has 4 nitrogen and oxygen atoms in total. The highest BCUT2D eigenvalue weighted by atomic mass is 79.9. The standard InChI is InChI=1S/C18H20BrNO3S/c1-12-5-6-15(11-13(12)2)18(21)14(3)20(4)24(22,23)17-9-7-16(19)8-10-17/h5-11,14H,1-4H3. The number of rotatable bonds is 5.